The molecule has 1 heterocycles. The fourth-order valence-electron chi connectivity index (χ4n) is 1.82. The second-order valence-electron chi connectivity index (χ2n) is 4.07. The van der Waals surface area contributed by atoms with Crippen LogP contribution in [0.2, 0.25) is 5.02 Å². The van der Waals surface area contributed by atoms with E-state index in [1.165, 1.54) is 17.4 Å². The van der Waals surface area contributed by atoms with E-state index in [1.54, 1.807) is 11.4 Å². The lowest BCUT2D eigenvalue weighted by atomic mass is 10.0. The molecule has 2 rings (SSSR count). The number of anilines is 1. The van der Waals surface area contributed by atoms with Gasteiger partial charge < -0.3 is 5.73 Å². The molecular weight excluding hydrogens is 311 g/mol. The average Bonchev–Trinajstić information content (AvgIpc) is 2.78. The first-order valence-corrected chi connectivity index (χ1v) is 6.76. The summed E-state index contributed by atoms with van der Waals surface area (Å²) in [6, 6.07) is 4.09. The van der Waals surface area contributed by atoms with Crippen molar-refractivity contribution in [3.63, 3.8) is 0 Å². The zero-order valence-corrected chi connectivity index (χ0v) is 11.6. The van der Waals surface area contributed by atoms with Crippen LogP contribution in [0.5, 0.6) is 0 Å². The molecule has 0 spiro atoms. The van der Waals surface area contributed by atoms with Gasteiger partial charge in [0.1, 0.15) is 0 Å². The van der Waals surface area contributed by atoms with E-state index in [2.05, 4.69) is 5.43 Å². The van der Waals surface area contributed by atoms with Crippen LogP contribution in [0.1, 0.15) is 22.0 Å². The van der Waals surface area contributed by atoms with Crippen molar-refractivity contribution in [1.29, 1.82) is 0 Å². The Balaban J connectivity index is 2.52. The maximum absolute atomic E-state index is 12.8. The maximum atomic E-state index is 12.8. The third-order valence-electron chi connectivity index (χ3n) is 2.80. The molecule has 2 aromatic rings. The number of rotatable bonds is 3. The van der Waals surface area contributed by atoms with E-state index in [9.17, 15) is 13.2 Å². The van der Waals surface area contributed by atoms with Crippen LogP contribution in [0, 0.1) is 0 Å². The lowest BCUT2D eigenvalue weighted by Crippen LogP contribution is -2.29. The summed E-state index contributed by atoms with van der Waals surface area (Å²) in [5, 5.41) is 2.15. The van der Waals surface area contributed by atoms with Gasteiger partial charge in [-0.3, -0.25) is 5.84 Å². The molecule has 0 aliphatic heterocycles. The zero-order chi connectivity index (χ0) is 14.9. The lowest BCUT2D eigenvalue weighted by Gasteiger charge is -2.19. The van der Waals surface area contributed by atoms with E-state index in [-0.39, 0.29) is 11.3 Å². The summed E-state index contributed by atoms with van der Waals surface area (Å²) in [5.74, 6) is 5.45. The molecule has 5 N–H and O–H groups in total. The minimum atomic E-state index is -4.44. The van der Waals surface area contributed by atoms with Crippen LogP contribution >= 0.6 is 22.9 Å². The van der Waals surface area contributed by atoms with Gasteiger partial charge in [-0.15, -0.1) is 11.3 Å². The number of alkyl halides is 3. The molecule has 8 heteroatoms. The van der Waals surface area contributed by atoms with E-state index in [0.29, 0.717) is 9.90 Å². The number of nitrogen functional groups attached to an aromatic ring is 1. The summed E-state index contributed by atoms with van der Waals surface area (Å²) < 4.78 is 38.3. The van der Waals surface area contributed by atoms with Crippen molar-refractivity contribution in [1.82, 2.24) is 5.43 Å². The number of thiophene rings is 1. The Morgan fingerprint density at radius 2 is 1.95 bits per heavy atom. The van der Waals surface area contributed by atoms with E-state index in [4.69, 9.17) is 23.2 Å². The third kappa shape index (κ3) is 2.90. The van der Waals surface area contributed by atoms with Crippen LogP contribution < -0.4 is 17.0 Å². The Hall–Kier alpha value is -1.28. The van der Waals surface area contributed by atoms with Crippen molar-refractivity contribution < 1.29 is 13.2 Å². The highest BCUT2D eigenvalue weighted by atomic mass is 35.5. The molecule has 3 nitrogen and oxygen atoms in total. The van der Waals surface area contributed by atoms with E-state index in [1.807, 2.05) is 0 Å². The molecule has 0 saturated heterocycles. The molecule has 1 aromatic heterocycles. The molecule has 20 heavy (non-hydrogen) atoms. The SMILES string of the molecule is NNC(c1cc(C(F)(F)F)ccc1N)c1sccc1Cl. The number of halogens is 4. The fraction of sp³-hybridized carbons (Fsp3) is 0.167. The van der Waals surface area contributed by atoms with Crippen LogP contribution in [0.15, 0.2) is 29.6 Å². The second-order valence-corrected chi connectivity index (χ2v) is 5.43. The molecule has 0 fully saturated rings. The first-order valence-electron chi connectivity index (χ1n) is 5.50. The third-order valence-corrected chi connectivity index (χ3v) is 4.22. The van der Waals surface area contributed by atoms with Gasteiger partial charge in [-0.25, -0.2) is 5.43 Å². The number of benzene rings is 1. The van der Waals surface area contributed by atoms with Gasteiger partial charge in [0.25, 0.3) is 0 Å². The van der Waals surface area contributed by atoms with Crippen LogP contribution in [0.4, 0.5) is 18.9 Å². The van der Waals surface area contributed by atoms with Gasteiger partial charge >= 0.3 is 6.18 Å². The largest absolute Gasteiger partial charge is 0.416 e. The van der Waals surface area contributed by atoms with Crippen LogP contribution in [0.3, 0.4) is 0 Å². The van der Waals surface area contributed by atoms with Gasteiger partial charge in [-0.05, 0) is 35.2 Å². The van der Waals surface area contributed by atoms with Crippen LogP contribution in [-0.4, -0.2) is 0 Å². The lowest BCUT2D eigenvalue weighted by molar-refractivity contribution is -0.137. The summed E-state index contributed by atoms with van der Waals surface area (Å²) in [4.78, 5) is 0.611. The standard InChI is InChI=1S/C12H11ClF3N3S/c13-8-3-4-20-11(8)10(19-18)7-5-6(12(14,15)16)1-2-9(7)17/h1-5,10,19H,17-18H2. The van der Waals surface area contributed by atoms with Gasteiger partial charge in [0.2, 0.25) is 0 Å². The number of hydrogen-bond donors (Lipinski definition) is 3. The molecule has 0 aliphatic carbocycles. The van der Waals surface area contributed by atoms with Gasteiger partial charge in [-0.2, -0.15) is 13.2 Å². The number of nitrogens with one attached hydrogen (secondary N) is 1. The Bertz CT molecular complexity index is 612. The molecule has 0 saturated carbocycles. The summed E-state index contributed by atoms with van der Waals surface area (Å²) in [6.07, 6.45) is -4.44. The average molecular weight is 322 g/mol. The second kappa shape index (κ2) is 5.61. The van der Waals surface area contributed by atoms with Crippen LogP contribution in [0.25, 0.3) is 0 Å². The van der Waals surface area contributed by atoms with Crippen molar-refractivity contribution >= 4 is 28.6 Å². The summed E-state index contributed by atoms with van der Waals surface area (Å²) in [6.45, 7) is 0. The Morgan fingerprint density at radius 3 is 2.45 bits per heavy atom. The van der Waals surface area contributed by atoms with E-state index < -0.39 is 17.8 Å². The van der Waals surface area contributed by atoms with E-state index in [0.717, 1.165) is 12.1 Å². The molecular formula is C12H11ClF3N3S. The topological polar surface area (TPSA) is 64.1 Å². The van der Waals surface area contributed by atoms with Crippen molar-refractivity contribution in [3.05, 3.63) is 50.7 Å². The quantitative estimate of drug-likeness (QED) is 0.460. The van der Waals surface area contributed by atoms with Crippen molar-refractivity contribution in [2.24, 2.45) is 5.84 Å². The fourth-order valence-corrected chi connectivity index (χ4v) is 3.06. The summed E-state index contributed by atoms with van der Waals surface area (Å²) in [5.41, 5.74) is 7.90. The van der Waals surface area contributed by atoms with Crippen LogP contribution in [-0.2, 0) is 6.18 Å². The molecule has 0 aliphatic rings. The Morgan fingerprint density at radius 1 is 1.25 bits per heavy atom. The van der Waals surface area contributed by atoms with Gasteiger partial charge in [-0.1, -0.05) is 11.6 Å². The van der Waals surface area contributed by atoms with Gasteiger partial charge in [0.15, 0.2) is 0 Å². The molecule has 108 valence electrons. The minimum absolute atomic E-state index is 0.213. The van der Waals surface area contributed by atoms with Gasteiger partial charge in [0, 0.05) is 10.6 Å². The molecule has 1 aromatic carbocycles. The minimum Gasteiger partial charge on any atom is -0.398 e. The Kier molecular flexibility index (Phi) is 4.24. The number of hydrazine groups is 1. The predicted octanol–water partition coefficient (Wildman–Crippen LogP) is 3.56. The predicted molar refractivity (Wildman–Crippen MR) is 74.4 cm³/mol. The van der Waals surface area contributed by atoms with E-state index >= 15 is 0 Å². The highest BCUT2D eigenvalue weighted by molar-refractivity contribution is 7.10. The first kappa shape index (κ1) is 15.1. The molecule has 0 bridgehead atoms. The Labute approximate surface area is 122 Å². The normalized spacial score (nSPS) is 13.4. The first-order chi connectivity index (χ1) is 9.34. The highest BCUT2D eigenvalue weighted by Crippen LogP contribution is 2.38. The molecule has 0 amide bonds. The smallest absolute Gasteiger partial charge is 0.398 e. The number of nitrogens with two attached hydrogens (primary N) is 2. The molecule has 1 unspecified atom stereocenters. The van der Waals surface area contributed by atoms with Crippen molar-refractivity contribution in [2.45, 2.75) is 12.2 Å². The molecule has 1 atom stereocenters. The number of hydrogen-bond acceptors (Lipinski definition) is 4. The van der Waals surface area contributed by atoms with Crippen molar-refractivity contribution in [3.8, 4) is 0 Å². The van der Waals surface area contributed by atoms with Gasteiger partial charge in [0.05, 0.1) is 16.6 Å². The molecule has 0 radical (unpaired) electrons. The maximum Gasteiger partial charge on any atom is 0.416 e. The van der Waals surface area contributed by atoms with Crippen molar-refractivity contribution in [2.75, 3.05) is 5.73 Å². The highest BCUT2D eigenvalue weighted by Gasteiger charge is 2.32. The summed E-state index contributed by atoms with van der Waals surface area (Å²) >= 11 is 7.28. The monoisotopic (exact) mass is 321 g/mol. The zero-order valence-electron chi connectivity index (χ0n) is 10.0. The summed E-state index contributed by atoms with van der Waals surface area (Å²) in [7, 11) is 0.